The predicted molar refractivity (Wildman–Crippen MR) is 130 cm³/mol. The van der Waals surface area contributed by atoms with Crippen LogP contribution < -0.4 is 14.5 Å². The topological polar surface area (TPSA) is 56.3 Å². The zero-order valence-corrected chi connectivity index (χ0v) is 21.2. The molecule has 2 heterocycles. The van der Waals surface area contributed by atoms with Gasteiger partial charge in [-0.3, -0.25) is 0 Å². The summed E-state index contributed by atoms with van der Waals surface area (Å²) in [6.45, 7) is 4.91. The largest absolute Gasteiger partial charge is 0.495 e. The Morgan fingerprint density at radius 2 is 1.61 bits per heavy atom. The van der Waals surface area contributed by atoms with Crippen LogP contribution in [0.3, 0.4) is 0 Å². The quantitative estimate of drug-likeness (QED) is 0.552. The molecule has 0 bridgehead atoms. The Morgan fingerprint density at radius 3 is 2.22 bits per heavy atom. The fourth-order valence-electron chi connectivity index (χ4n) is 4.78. The lowest BCUT2D eigenvalue weighted by Gasteiger charge is -2.41. The van der Waals surface area contributed by atoms with E-state index >= 15 is 0 Å². The summed E-state index contributed by atoms with van der Waals surface area (Å²) in [5, 5.41) is 0. The first-order valence-corrected chi connectivity index (χ1v) is 13.1. The number of nitrogens with zero attached hydrogens (tertiary/aromatic N) is 4. The molecule has 2 aliphatic heterocycles. The van der Waals surface area contributed by atoms with Crippen LogP contribution in [-0.4, -0.2) is 83.6 Å². The third kappa shape index (κ3) is 5.25. The molecule has 0 aliphatic carbocycles. The SMILES string of the molecule is COc1ccc(N2CCN(C)CC2)cc1S(=O)(=O)N1CCN(c2ccc(F)cc2C(F)(F)F)C[C@H]1C. The molecule has 0 saturated carbocycles. The molecule has 4 rings (SSSR count). The molecule has 0 aromatic heterocycles. The highest BCUT2D eigenvalue weighted by atomic mass is 32.2. The number of methoxy groups -OCH3 is 1. The zero-order valence-electron chi connectivity index (χ0n) is 20.4. The molecule has 0 amide bonds. The average molecular weight is 531 g/mol. The van der Waals surface area contributed by atoms with E-state index in [-0.39, 0.29) is 36.0 Å². The first-order chi connectivity index (χ1) is 16.9. The van der Waals surface area contributed by atoms with Gasteiger partial charge in [0, 0.05) is 63.2 Å². The summed E-state index contributed by atoms with van der Waals surface area (Å²) in [6, 6.07) is 6.99. The monoisotopic (exact) mass is 530 g/mol. The van der Waals surface area contributed by atoms with E-state index in [2.05, 4.69) is 9.80 Å². The molecular formula is C24H30F4N4O3S. The molecule has 1 atom stereocenters. The van der Waals surface area contributed by atoms with E-state index in [4.69, 9.17) is 4.74 Å². The number of halogens is 4. The molecule has 0 N–H and O–H groups in total. The van der Waals surface area contributed by atoms with Crippen LogP contribution in [0, 0.1) is 5.82 Å². The molecule has 12 heteroatoms. The van der Waals surface area contributed by atoms with E-state index in [1.54, 1.807) is 19.1 Å². The van der Waals surface area contributed by atoms with Crippen LogP contribution in [0.1, 0.15) is 12.5 Å². The number of likely N-dealkylation sites (N-methyl/N-ethyl adjacent to an activating group) is 1. The highest BCUT2D eigenvalue weighted by Crippen LogP contribution is 2.39. The third-order valence-electron chi connectivity index (χ3n) is 6.77. The van der Waals surface area contributed by atoms with Gasteiger partial charge in [-0.25, -0.2) is 12.8 Å². The summed E-state index contributed by atoms with van der Waals surface area (Å²) in [4.78, 5) is 5.80. The third-order valence-corrected chi connectivity index (χ3v) is 8.81. The highest BCUT2D eigenvalue weighted by molar-refractivity contribution is 7.89. The van der Waals surface area contributed by atoms with Crippen molar-refractivity contribution in [1.82, 2.24) is 9.21 Å². The van der Waals surface area contributed by atoms with Gasteiger partial charge in [0.1, 0.15) is 16.5 Å². The van der Waals surface area contributed by atoms with Crippen molar-refractivity contribution >= 4 is 21.4 Å². The number of hydrogen-bond acceptors (Lipinski definition) is 6. The van der Waals surface area contributed by atoms with E-state index in [0.29, 0.717) is 6.07 Å². The van der Waals surface area contributed by atoms with Crippen molar-refractivity contribution in [3.8, 4) is 5.75 Å². The summed E-state index contributed by atoms with van der Waals surface area (Å²) in [5.74, 6) is -0.770. The van der Waals surface area contributed by atoms with Crippen LogP contribution in [0.15, 0.2) is 41.3 Å². The lowest BCUT2D eigenvalue weighted by Crippen LogP contribution is -2.54. The number of hydrogen-bond donors (Lipinski definition) is 0. The van der Waals surface area contributed by atoms with Gasteiger partial charge in [0.05, 0.1) is 12.7 Å². The normalized spacial score (nSPS) is 20.6. The average Bonchev–Trinajstić information content (AvgIpc) is 2.83. The predicted octanol–water partition coefficient (Wildman–Crippen LogP) is 3.50. The van der Waals surface area contributed by atoms with Crippen LogP contribution in [0.4, 0.5) is 28.9 Å². The van der Waals surface area contributed by atoms with Crippen LogP contribution in [0.25, 0.3) is 0 Å². The van der Waals surface area contributed by atoms with Gasteiger partial charge in [-0.05, 0) is 50.4 Å². The molecule has 7 nitrogen and oxygen atoms in total. The lowest BCUT2D eigenvalue weighted by atomic mass is 10.1. The van der Waals surface area contributed by atoms with Gasteiger partial charge in [0.15, 0.2) is 0 Å². The van der Waals surface area contributed by atoms with Crippen molar-refractivity contribution in [1.29, 1.82) is 0 Å². The van der Waals surface area contributed by atoms with Crippen LogP contribution in [-0.2, 0) is 16.2 Å². The van der Waals surface area contributed by atoms with Gasteiger partial charge in [-0.2, -0.15) is 17.5 Å². The number of alkyl halides is 3. The van der Waals surface area contributed by atoms with E-state index < -0.39 is 33.6 Å². The Bertz CT molecular complexity index is 1200. The van der Waals surface area contributed by atoms with Crippen molar-refractivity contribution in [2.45, 2.75) is 24.0 Å². The second kappa shape index (κ2) is 10.1. The number of ether oxygens (including phenoxy) is 1. The summed E-state index contributed by atoms with van der Waals surface area (Å²) in [5.41, 5.74) is -0.468. The van der Waals surface area contributed by atoms with Gasteiger partial charge < -0.3 is 19.4 Å². The smallest absolute Gasteiger partial charge is 0.418 e. The second-order valence-corrected chi connectivity index (χ2v) is 11.1. The molecule has 0 unspecified atom stereocenters. The first kappa shape index (κ1) is 26.5. The maximum absolute atomic E-state index is 13.7. The highest BCUT2D eigenvalue weighted by Gasteiger charge is 2.40. The van der Waals surface area contributed by atoms with Crippen molar-refractivity contribution in [2.24, 2.45) is 0 Å². The maximum atomic E-state index is 13.7. The summed E-state index contributed by atoms with van der Waals surface area (Å²) < 4.78 is 88.4. The van der Waals surface area contributed by atoms with Gasteiger partial charge in [0.2, 0.25) is 10.0 Å². The van der Waals surface area contributed by atoms with E-state index in [9.17, 15) is 26.0 Å². The number of benzene rings is 2. The molecule has 2 aliphatic rings. The molecular weight excluding hydrogens is 500 g/mol. The van der Waals surface area contributed by atoms with Crippen LogP contribution in [0.2, 0.25) is 0 Å². The van der Waals surface area contributed by atoms with Crippen molar-refractivity contribution < 1.29 is 30.7 Å². The Morgan fingerprint density at radius 1 is 0.944 bits per heavy atom. The second-order valence-electron chi connectivity index (χ2n) is 9.20. The van der Waals surface area contributed by atoms with Crippen molar-refractivity contribution in [3.05, 3.63) is 47.8 Å². The Labute approximate surface area is 208 Å². The number of piperazine rings is 2. The van der Waals surface area contributed by atoms with E-state index in [1.165, 1.54) is 16.3 Å². The Kier molecular flexibility index (Phi) is 7.40. The van der Waals surface area contributed by atoms with Gasteiger partial charge >= 0.3 is 6.18 Å². The van der Waals surface area contributed by atoms with Gasteiger partial charge in [-0.1, -0.05) is 0 Å². The Balaban J connectivity index is 1.60. The number of rotatable bonds is 5. The van der Waals surface area contributed by atoms with Crippen LogP contribution in [0.5, 0.6) is 5.75 Å². The van der Waals surface area contributed by atoms with Gasteiger partial charge in [-0.15, -0.1) is 0 Å². The molecule has 2 aromatic carbocycles. The molecule has 2 aromatic rings. The van der Waals surface area contributed by atoms with Crippen molar-refractivity contribution in [3.63, 3.8) is 0 Å². The fourth-order valence-corrected chi connectivity index (χ4v) is 6.57. The zero-order chi connectivity index (χ0) is 26.3. The van der Waals surface area contributed by atoms with Crippen LogP contribution >= 0.6 is 0 Å². The van der Waals surface area contributed by atoms with Gasteiger partial charge in [0.25, 0.3) is 0 Å². The maximum Gasteiger partial charge on any atom is 0.418 e. The molecule has 0 spiro atoms. The minimum atomic E-state index is -4.74. The fraction of sp³-hybridized carbons (Fsp3) is 0.500. The van der Waals surface area contributed by atoms with E-state index in [1.807, 2.05) is 13.1 Å². The lowest BCUT2D eigenvalue weighted by molar-refractivity contribution is -0.137. The molecule has 0 radical (unpaired) electrons. The minimum Gasteiger partial charge on any atom is -0.495 e. The first-order valence-electron chi connectivity index (χ1n) is 11.7. The Hall–Kier alpha value is -2.57. The summed E-state index contributed by atoms with van der Waals surface area (Å²) in [7, 11) is -0.580. The van der Waals surface area contributed by atoms with Crippen molar-refractivity contribution in [2.75, 3.05) is 69.8 Å². The van der Waals surface area contributed by atoms with E-state index in [0.717, 1.165) is 44.0 Å². The molecule has 198 valence electrons. The standard InChI is InChI=1S/C24H30F4N4O3S/c1-17-16-31(21-6-4-18(25)14-20(21)24(26,27)28)12-13-32(17)36(33,34)23-15-19(5-7-22(23)35-3)30-10-8-29(2)9-11-30/h4-7,14-15,17H,8-13,16H2,1-3H3/t17-/m1/s1. The summed E-state index contributed by atoms with van der Waals surface area (Å²) >= 11 is 0. The number of sulfonamides is 1. The molecule has 36 heavy (non-hydrogen) atoms. The minimum absolute atomic E-state index is 0.0222. The number of anilines is 2. The molecule has 2 fully saturated rings. The molecule has 2 saturated heterocycles. The summed E-state index contributed by atoms with van der Waals surface area (Å²) in [6.07, 6.45) is -4.74.